The number of aliphatic hydroxyl groups excluding tert-OH is 1. The van der Waals surface area contributed by atoms with E-state index in [2.05, 4.69) is 65.8 Å². The molecule has 1 aliphatic heterocycles. The monoisotopic (exact) mass is 634 g/mol. The Morgan fingerprint density at radius 1 is 0.891 bits per heavy atom. The van der Waals surface area contributed by atoms with Crippen LogP contribution in [0.25, 0.3) is 12.2 Å². The zero-order valence-electron chi connectivity index (χ0n) is 29.3. The number of hydrogen-bond donors (Lipinski definition) is 1. The number of methoxy groups -OCH3 is 3. The molecule has 1 saturated carbocycles. The van der Waals surface area contributed by atoms with Crippen molar-refractivity contribution in [2.75, 3.05) is 34.9 Å². The molecule has 2 aromatic carbocycles. The Hall–Kier alpha value is -3.26. The Labute approximate surface area is 276 Å². The first kappa shape index (κ1) is 35.6. The standard InChI is InChI=1S/C39H54O7/c1-26(2)11-10-12-27(3)13-16-31-32(44-24-41-7)20-29(21-33(31)45-25-42-8)15-14-28-19-30-23-35-38(4,5)36(40)17-18-39(35,6)46-37(30)34(22-28)43-9/h11,13-15,19-22,35-36,40H,10,12,16-18,23-25H2,1-9H3/t35-,36-,39-/m1/s1. The molecule has 0 unspecified atom stereocenters. The molecule has 0 amide bonds. The summed E-state index contributed by atoms with van der Waals surface area (Å²) in [7, 11) is 4.92. The molecule has 1 fully saturated rings. The van der Waals surface area contributed by atoms with Crippen molar-refractivity contribution < 1.29 is 33.5 Å². The summed E-state index contributed by atoms with van der Waals surface area (Å²) in [5.74, 6) is 3.12. The first-order chi connectivity index (χ1) is 21.9. The molecule has 4 rings (SSSR count). The minimum Gasteiger partial charge on any atom is -0.493 e. The van der Waals surface area contributed by atoms with Crippen LogP contribution < -0.4 is 18.9 Å². The highest BCUT2D eigenvalue weighted by Gasteiger charge is 2.54. The van der Waals surface area contributed by atoms with Gasteiger partial charge in [0, 0.05) is 25.7 Å². The van der Waals surface area contributed by atoms with Crippen molar-refractivity contribution in [1.29, 1.82) is 0 Å². The molecular weight excluding hydrogens is 580 g/mol. The Kier molecular flexibility index (Phi) is 12.0. The van der Waals surface area contributed by atoms with E-state index in [1.807, 2.05) is 24.3 Å². The normalized spacial score (nSPS) is 22.1. The Balaban J connectivity index is 1.66. The van der Waals surface area contributed by atoms with E-state index in [1.54, 1.807) is 21.3 Å². The smallest absolute Gasteiger partial charge is 0.188 e. The van der Waals surface area contributed by atoms with Gasteiger partial charge >= 0.3 is 0 Å². The number of aliphatic hydroxyl groups is 1. The van der Waals surface area contributed by atoms with Crippen LogP contribution in [0.15, 0.2) is 47.6 Å². The van der Waals surface area contributed by atoms with E-state index >= 15 is 0 Å². The molecule has 1 aliphatic carbocycles. The van der Waals surface area contributed by atoms with Gasteiger partial charge in [0.15, 0.2) is 25.1 Å². The van der Waals surface area contributed by atoms with E-state index in [0.29, 0.717) is 17.9 Å². The topological polar surface area (TPSA) is 75.6 Å². The highest BCUT2D eigenvalue weighted by Crippen LogP contribution is 2.55. The first-order valence-corrected chi connectivity index (χ1v) is 16.4. The first-order valence-electron chi connectivity index (χ1n) is 16.4. The van der Waals surface area contributed by atoms with Crippen LogP contribution in [0.4, 0.5) is 0 Å². The number of allylic oxidation sites excluding steroid dienone is 4. The molecule has 2 aromatic rings. The maximum absolute atomic E-state index is 10.9. The molecule has 0 spiro atoms. The highest BCUT2D eigenvalue weighted by molar-refractivity contribution is 5.74. The number of benzene rings is 2. The van der Waals surface area contributed by atoms with Crippen molar-refractivity contribution in [2.24, 2.45) is 11.3 Å². The average molecular weight is 635 g/mol. The van der Waals surface area contributed by atoms with Gasteiger partial charge in [-0.1, -0.05) is 49.3 Å². The number of fused-ring (bicyclic) bond motifs is 2. The predicted octanol–water partition coefficient (Wildman–Crippen LogP) is 8.56. The molecule has 7 nitrogen and oxygen atoms in total. The lowest BCUT2D eigenvalue weighted by atomic mass is 9.57. The van der Waals surface area contributed by atoms with Gasteiger partial charge in [-0.05, 0) is 113 Å². The van der Waals surface area contributed by atoms with Gasteiger partial charge in [0.1, 0.15) is 17.1 Å². The third-order valence-corrected chi connectivity index (χ3v) is 9.61. The molecule has 0 bridgehead atoms. The Morgan fingerprint density at radius 2 is 1.50 bits per heavy atom. The van der Waals surface area contributed by atoms with Gasteiger partial charge in [0.25, 0.3) is 0 Å². The van der Waals surface area contributed by atoms with Crippen molar-refractivity contribution in [3.8, 4) is 23.0 Å². The molecule has 1 N–H and O–H groups in total. The van der Waals surface area contributed by atoms with E-state index in [4.69, 9.17) is 28.4 Å². The predicted molar refractivity (Wildman–Crippen MR) is 185 cm³/mol. The fourth-order valence-corrected chi connectivity index (χ4v) is 6.84. The van der Waals surface area contributed by atoms with E-state index in [-0.39, 0.29) is 36.6 Å². The van der Waals surface area contributed by atoms with Crippen LogP contribution in [-0.4, -0.2) is 51.7 Å². The molecule has 0 saturated heterocycles. The minimum absolute atomic E-state index is 0.125. The second-order valence-corrected chi connectivity index (χ2v) is 13.8. The van der Waals surface area contributed by atoms with Crippen LogP contribution in [0.2, 0.25) is 0 Å². The quantitative estimate of drug-likeness (QED) is 0.127. The SMILES string of the molecule is COCOc1cc(C=Cc2cc3c(c(OC)c2)O[C@]2(C)CC[C@@H](O)C(C)(C)[C@H]2C3)cc(OCOC)c1CC=C(C)CCC=C(C)C. The second-order valence-electron chi connectivity index (χ2n) is 13.8. The fourth-order valence-electron chi connectivity index (χ4n) is 6.84. The summed E-state index contributed by atoms with van der Waals surface area (Å²) in [6.07, 6.45) is 13.3. The lowest BCUT2D eigenvalue weighted by Gasteiger charge is -2.55. The van der Waals surface area contributed by atoms with E-state index in [9.17, 15) is 5.11 Å². The van der Waals surface area contributed by atoms with Crippen molar-refractivity contribution in [1.82, 2.24) is 0 Å². The summed E-state index contributed by atoms with van der Waals surface area (Å²) in [6, 6.07) is 8.23. The van der Waals surface area contributed by atoms with Gasteiger partial charge in [0.2, 0.25) is 0 Å². The van der Waals surface area contributed by atoms with Gasteiger partial charge in [-0.15, -0.1) is 0 Å². The lowest BCUT2D eigenvalue weighted by molar-refractivity contribution is -0.138. The third-order valence-electron chi connectivity index (χ3n) is 9.61. The van der Waals surface area contributed by atoms with Crippen LogP contribution >= 0.6 is 0 Å². The number of ether oxygens (including phenoxy) is 6. The molecule has 7 heteroatoms. The zero-order chi connectivity index (χ0) is 33.5. The van der Waals surface area contributed by atoms with Crippen LogP contribution in [0.5, 0.6) is 23.0 Å². The molecule has 3 atom stereocenters. The molecule has 2 aliphatic rings. The summed E-state index contributed by atoms with van der Waals surface area (Å²) in [5, 5.41) is 10.9. The molecular formula is C39H54O7. The summed E-state index contributed by atoms with van der Waals surface area (Å²) in [6.45, 7) is 13.2. The zero-order valence-corrected chi connectivity index (χ0v) is 29.3. The van der Waals surface area contributed by atoms with Crippen LogP contribution in [0.3, 0.4) is 0 Å². The molecule has 0 aromatic heterocycles. The van der Waals surface area contributed by atoms with Crippen molar-refractivity contribution in [2.45, 2.75) is 91.8 Å². The van der Waals surface area contributed by atoms with Crippen LogP contribution in [0, 0.1) is 11.3 Å². The molecule has 46 heavy (non-hydrogen) atoms. The highest BCUT2D eigenvalue weighted by atomic mass is 16.7. The van der Waals surface area contributed by atoms with Gasteiger partial charge in [-0.25, -0.2) is 0 Å². The summed E-state index contributed by atoms with van der Waals surface area (Å²) in [4.78, 5) is 0. The minimum atomic E-state index is -0.352. The van der Waals surface area contributed by atoms with Gasteiger partial charge in [0.05, 0.1) is 13.2 Å². The van der Waals surface area contributed by atoms with Crippen molar-refractivity contribution in [3.05, 3.63) is 69.8 Å². The third kappa shape index (κ3) is 8.36. The van der Waals surface area contributed by atoms with Gasteiger partial charge in [-0.3, -0.25) is 0 Å². The Morgan fingerprint density at radius 3 is 2.09 bits per heavy atom. The van der Waals surface area contributed by atoms with Crippen molar-refractivity contribution in [3.63, 3.8) is 0 Å². The molecule has 1 heterocycles. The number of hydrogen-bond acceptors (Lipinski definition) is 7. The molecule has 0 radical (unpaired) electrons. The average Bonchev–Trinajstić information content (AvgIpc) is 3.02. The van der Waals surface area contributed by atoms with Crippen LogP contribution in [0.1, 0.15) is 89.5 Å². The van der Waals surface area contributed by atoms with Crippen molar-refractivity contribution >= 4 is 12.2 Å². The summed E-state index contributed by atoms with van der Waals surface area (Å²) < 4.78 is 35.2. The van der Waals surface area contributed by atoms with E-state index < -0.39 is 0 Å². The maximum atomic E-state index is 10.9. The Bertz CT molecular complexity index is 1400. The van der Waals surface area contributed by atoms with Crippen LogP contribution in [-0.2, 0) is 22.3 Å². The van der Waals surface area contributed by atoms with Gasteiger partial charge < -0.3 is 33.5 Å². The fraction of sp³-hybridized carbons (Fsp3) is 0.538. The molecule has 252 valence electrons. The summed E-state index contributed by atoms with van der Waals surface area (Å²) in [5.41, 5.74) is 5.99. The number of rotatable bonds is 14. The summed E-state index contributed by atoms with van der Waals surface area (Å²) >= 11 is 0. The second kappa shape index (κ2) is 15.6. The van der Waals surface area contributed by atoms with E-state index in [1.165, 1.54) is 11.1 Å². The van der Waals surface area contributed by atoms with Gasteiger partial charge in [-0.2, -0.15) is 0 Å². The lowest BCUT2D eigenvalue weighted by Crippen LogP contribution is -2.58. The maximum Gasteiger partial charge on any atom is 0.188 e. The largest absolute Gasteiger partial charge is 0.493 e. The van der Waals surface area contributed by atoms with E-state index in [0.717, 1.165) is 65.9 Å².